The van der Waals surface area contributed by atoms with Crippen LogP contribution < -0.4 is 10.4 Å². The molecule has 7 aromatic rings. The Balaban J connectivity index is 1.09. The summed E-state index contributed by atoms with van der Waals surface area (Å²) in [6, 6.07) is 56.3. The molecule has 0 saturated carbocycles. The van der Waals surface area contributed by atoms with Gasteiger partial charge in [0.2, 0.25) is 0 Å². The molecular weight excluding hydrogens is 561 g/mol. The van der Waals surface area contributed by atoms with Gasteiger partial charge in [0.1, 0.15) is 8.07 Å². The van der Waals surface area contributed by atoms with Gasteiger partial charge in [-0.3, -0.25) is 0 Å². The van der Waals surface area contributed by atoms with Crippen molar-refractivity contribution in [3.63, 3.8) is 0 Å². The third-order valence-corrected chi connectivity index (χ3v) is 12.7. The zero-order valence-corrected chi connectivity index (χ0v) is 26.4. The topological polar surface area (TPSA) is 25.8 Å². The Bertz CT molecular complexity index is 2090. The zero-order valence-electron chi connectivity index (χ0n) is 25.4. The van der Waals surface area contributed by atoms with E-state index in [-0.39, 0.29) is 0 Å². The Morgan fingerprint density at radius 1 is 0.356 bits per heavy atom. The minimum atomic E-state index is -1.70. The van der Waals surface area contributed by atoms with Crippen molar-refractivity contribution in [1.82, 2.24) is 9.97 Å². The smallest absolute Gasteiger partial charge is 0.160 e. The third-order valence-electron chi connectivity index (χ3n) is 9.14. The summed E-state index contributed by atoms with van der Waals surface area (Å²) >= 11 is 0. The number of hydrogen-bond donors (Lipinski definition) is 0. The van der Waals surface area contributed by atoms with Crippen molar-refractivity contribution in [2.75, 3.05) is 0 Å². The van der Waals surface area contributed by atoms with Gasteiger partial charge in [-0.05, 0) is 49.8 Å². The minimum absolute atomic E-state index is 0.730. The molecule has 1 aliphatic heterocycles. The summed E-state index contributed by atoms with van der Waals surface area (Å²) in [7, 11) is -1.70. The Kier molecular flexibility index (Phi) is 6.62. The van der Waals surface area contributed by atoms with Gasteiger partial charge in [0.15, 0.2) is 5.82 Å². The van der Waals surface area contributed by atoms with Gasteiger partial charge in [-0.2, -0.15) is 0 Å². The summed E-state index contributed by atoms with van der Waals surface area (Å²) in [5, 5.41) is 3.09. The number of benzene rings is 6. The highest BCUT2D eigenvalue weighted by Crippen LogP contribution is 2.33. The van der Waals surface area contributed by atoms with E-state index < -0.39 is 8.07 Å². The molecule has 0 atom stereocenters. The van der Waals surface area contributed by atoms with Crippen LogP contribution in [0.25, 0.3) is 67.3 Å². The maximum atomic E-state index is 4.99. The van der Waals surface area contributed by atoms with Gasteiger partial charge < -0.3 is 0 Å². The van der Waals surface area contributed by atoms with E-state index in [0.29, 0.717) is 0 Å². The second-order valence-electron chi connectivity index (χ2n) is 12.3. The Morgan fingerprint density at radius 2 is 0.800 bits per heavy atom. The molecule has 0 fully saturated rings. The Hall–Kier alpha value is -5.38. The quantitative estimate of drug-likeness (QED) is 0.186. The first-order chi connectivity index (χ1) is 22.0. The highest BCUT2D eigenvalue weighted by Gasteiger charge is 2.37. The normalized spacial score (nSPS) is 12.8. The molecule has 1 aliphatic rings. The number of fused-ring (bicyclic) bond motifs is 3. The fraction of sp³-hybridized carbons (Fsp3) is 0.0476. The molecule has 6 aromatic carbocycles. The fourth-order valence-electron chi connectivity index (χ4n) is 6.64. The van der Waals surface area contributed by atoms with Crippen LogP contribution in [0, 0.1) is 0 Å². The van der Waals surface area contributed by atoms with Gasteiger partial charge >= 0.3 is 0 Å². The van der Waals surface area contributed by atoms with Crippen LogP contribution >= 0.6 is 0 Å². The average molecular weight is 593 g/mol. The van der Waals surface area contributed by atoms with E-state index in [0.717, 1.165) is 33.9 Å². The summed E-state index contributed by atoms with van der Waals surface area (Å²) in [6.07, 6.45) is 0. The van der Waals surface area contributed by atoms with Gasteiger partial charge in [-0.1, -0.05) is 165 Å². The second kappa shape index (κ2) is 11.0. The molecule has 0 unspecified atom stereocenters. The molecule has 214 valence electrons. The summed E-state index contributed by atoms with van der Waals surface area (Å²) < 4.78 is 0. The first-order valence-electron chi connectivity index (χ1n) is 15.5. The minimum Gasteiger partial charge on any atom is -0.228 e. The van der Waals surface area contributed by atoms with E-state index >= 15 is 0 Å². The summed E-state index contributed by atoms with van der Waals surface area (Å²) in [5.74, 6) is 0.730. The van der Waals surface area contributed by atoms with Crippen molar-refractivity contribution >= 4 is 18.4 Å². The van der Waals surface area contributed by atoms with Gasteiger partial charge in [0, 0.05) is 16.7 Å². The predicted molar refractivity (Wildman–Crippen MR) is 191 cm³/mol. The van der Waals surface area contributed by atoms with Crippen LogP contribution in [0.4, 0.5) is 0 Å². The van der Waals surface area contributed by atoms with Crippen LogP contribution in [0.3, 0.4) is 0 Å². The van der Waals surface area contributed by atoms with Gasteiger partial charge in [0.25, 0.3) is 0 Å². The Labute approximate surface area is 265 Å². The summed E-state index contributed by atoms with van der Waals surface area (Å²) in [6.45, 7) is 4.95. The van der Waals surface area contributed by atoms with E-state index in [1.807, 2.05) is 36.4 Å². The molecule has 2 nitrogen and oxygen atoms in total. The van der Waals surface area contributed by atoms with E-state index in [1.54, 1.807) is 5.19 Å². The number of nitrogens with zero attached hydrogens (tertiary/aromatic N) is 2. The molecule has 3 heteroatoms. The molecule has 0 amide bonds. The number of rotatable bonds is 5. The standard InChI is InChI=1S/C42H32N2Si/c1-45(2)40-16-10-9-15-36(40)37-26-25-35(27-41(37)45)31-19-17-29(18-20-31)30-21-23-33(24-22-30)39-28-38(32-11-5-3-6-12-32)43-42(44-39)34-13-7-4-8-14-34/h3-28H,1-2H3. The van der Waals surface area contributed by atoms with Crippen LogP contribution in [0.1, 0.15) is 0 Å². The lowest BCUT2D eigenvalue weighted by molar-refractivity contribution is 1.18. The van der Waals surface area contributed by atoms with E-state index in [9.17, 15) is 0 Å². The highest BCUT2D eigenvalue weighted by atomic mass is 28.3. The van der Waals surface area contributed by atoms with Crippen molar-refractivity contribution in [3.8, 4) is 67.3 Å². The number of hydrogen-bond acceptors (Lipinski definition) is 2. The predicted octanol–water partition coefficient (Wildman–Crippen LogP) is 9.61. The van der Waals surface area contributed by atoms with Crippen molar-refractivity contribution in [1.29, 1.82) is 0 Å². The molecule has 0 spiro atoms. The van der Waals surface area contributed by atoms with Crippen molar-refractivity contribution < 1.29 is 0 Å². The summed E-state index contributed by atoms with van der Waals surface area (Å²) in [4.78, 5) is 9.91. The van der Waals surface area contributed by atoms with Crippen molar-refractivity contribution in [2.24, 2.45) is 0 Å². The van der Waals surface area contributed by atoms with E-state index in [1.165, 1.54) is 38.6 Å². The highest BCUT2D eigenvalue weighted by molar-refractivity contribution is 7.03. The monoisotopic (exact) mass is 592 g/mol. The first kappa shape index (κ1) is 27.2. The van der Waals surface area contributed by atoms with Gasteiger partial charge in [-0.25, -0.2) is 9.97 Å². The molecule has 2 heterocycles. The zero-order chi connectivity index (χ0) is 30.4. The lowest BCUT2D eigenvalue weighted by Gasteiger charge is -2.19. The maximum absolute atomic E-state index is 4.99. The SMILES string of the molecule is C[Si]1(C)c2ccccc2-c2ccc(-c3ccc(-c4ccc(-c5cc(-c6ccccc6)nc(-c6ccccc6)n5)cc4)cc3)cc21. The molecule has 0 radical (unpaired) electrons. The number of aromatic nitrogens is 2. The maximum Gasteiger partial charge on any atom is 0.160 e. The molecule has 0 aliphatic carbocycles. The molecule has 8 rings (SSSR count). The van der Waals surface area contributed by atoms with E-state index in [2.05, 4.69) is 134 Å². The lowest BCUT2D eigenvalue weighted by Crippen LogP contribution is -2.49. The summed E-state index contributed by atoms with van der Waals surface area (Å²) in [5.41, 5.74) is 12.7. The van der Waals surface area contributed by atoms with Crippen LogP contribution in [0.5, 0.6) is 0 Å². The largest absolute Gasteiger partial charge is 0.228 e. The van der Waals surface area contributed by atoms with Crippen LogP contribution in [0.2, 0.25) is 13.1 Å². The van der Waals surface area contributed by atoms with Crippen LogP contribution in [0.15, 0.2) is 158 Å². The lowest BCUT2D eigenvalue weighted by atomic mass is 9.97. The van der Waals surface area contributed by atoms with Crippen molar-refractivity contribution in [3.05, 3.63) is 158 Å². The molecule has 0 N–H and O–H groups in total. The molecule has 0 bridgehead atoms. The van der Waals surface area contributed by atoms with Crippen LogP contribution in [-0.2, 0) is 0 Å². The van der Waals surface area contributed by atoms with Crippen LogP contribution in [-0.4, -0.2) is 18.0 Å². The van der Waals surface area contributed by atoms with Gasteiger partial charge in [-0.15, -0.1) is 0 Å². The first-order valence-corrected chi connectivity index (χ1v) is 18.5. The van der Waals surface area contributed by atoms with E-state index in [4.69, 9.17) is 9.97 Å². The fourth-order valence-corrected chi connectivity index (χ4v) is 9.74. The third kappa shape index (κ3) is 4.92. The average Bonchev–Trinajstić information content (AvgIpc) is 3.34. The molecular formula is C42H32N2Si. The Morgan fingerprint density at radius 3 is 1.42 bits per heavy atom. The van der Waals surface area contributed by atoms with Gasteiger partial charge in [0.05, 0.1) is 11.4 Å². The second-order valence-corrected chi connectivity index (χ2v) is 16.6. The molecule has 1 aromatic heterocycles. The molecule has 45 heavy (non-hydrogen) atoms. The molecule has 0 saturated heterocycles. The van der Waals surface area contributed by atoms with Crippen molar-refractivity contribution in [2.45, 2.75) is 13.1 Å².